The summed E-state index contributed by atoms with van der Waals surface area (Å²) in [6.45, 7) is 0. The number of fused-ring (bicyclic) bond motifs is 1. The zero-order valence-electron chi connectivity index (χ0n) is 6.32. The third-order valence-corrected chi connectivity index (χ3v) is 3.29. The molecule has 1 fully saturated rings. The predicted octanol–water partition coefficient (Wildman–Crippen LogP) is -0.0822. The molecule has 1 amide bonds. The molecular formula is C7H8NO3S+. The minimum absolute atomic E-state index is 0.0513. The van der Waals surface area contributed by atoms with Gasteiger partial charge in [-0.3, -0.25) is 0 Å². The molecular weight excluding hydrogens is 178 g/mol. The highest BCUT2D eigenvalue weighted by Crippen LogP contribution is 2.30. The molecule has 0 radical (unpaired) electrons. The smallest absolute Gasteiger partial charge is 0.396 e. The van der Waals surface area contributed by atoms with Crippen molar-refractivity contribution in [1.29, 1.82) is 0 Å². The van der Waals surface area contributed by atoms with E-state index < -0.39 is 5.97 Å². The van der Waals surface area contributed by atoms with Gasteiger partial charge in [0.05, 0.1) is 0 Å². The van der Waals surface area contributed by atoms with Crippen LogP contribution in [0.3, 0.4) is 0 Å². The van der Waals surface area contributed by atoms with Crippen molar-refractivity contribution in [3.8, 4) is 0 Å². The SMILES string of the molecule is O=C(O)C1=[N+]2C(=O)C[C@@H]2SCC1. The van der Waals surface area contributed by atoms with Crippen molar-refractivity contribution >= 4 is 29.4 Å². The first-order valence-corrected chi connectivity index (χ1v) is 4.78. The van der Waals surface area contributed by atoms with E-state index in [1.165, 1.54) is 4.58 Å². The van der Waals surface area contributed by atoms with E-state index in [9.17, 15) is 9.59 Å². The van der Waals surface area contributed by atoms with Crippen LogP contribution < -0.4 is 0 Å². The first-order chi connectivity index (χ1) is 5.70. The molecule has 0 bridgehead atoms. The minimum atomic E-state index is -0.951. The maximum Gasteiger partial charge on any atom is 0.396 e. The lowest BCUT2D eigenvalue weighted by molar-refractivity contribution is -0.505. The second-order valence-electron chi connectivity index (χ2n) is 2.80. The molecule has 4 nitrogen and oxygen atoms in total. The Labute approximate surface area is 73.3 Å². The Morgan fingerprint density at radius 3 is 2.92 bits per heavy atom. The van der Waals surface area contributed by atoms with Gasteiger partial charge in [0.1, 0.15) is 6.42 Å². The zero-order chi connectivity index (χ0) is 8.72. The second-order valence-corrected chi connectivity index (χ2v) is 4.08. The van der Waals surface area contributed by atoms with Crippen LogP contribution in [0.4, 0.5) is 0 Å². The number of β-lactam (4-membered cyclic amide) rings is 1. The highest BCUT2D eigenvalue weighted by molar-refractivity contribution is 7.99. The monoisotopic (exact) mass is 186 g/mol. The van der Waals surface area contributed by atoms with Crippen molar-refractivity contribution in [3.05, 3.63) is 0 Å². The normalized spacial score (nSPS) is 28.0. The number of rotatable bonds is 1. The second kappa shape index (κ2) is 2.58. The van der Waals surface area contributed by atoms with Gasteiger partial charge < -0.3 is 5.11 Å². The first kappa shape index (κ1) is 7.79. The fourth-order valence-corrected chi connectivity index (χ4v) is 2.70. The maximum atomic E-state index is 11.0. The zero-order valence-corrected chi connectivity index (χ0v) is 7.13. The number of hydrogen-bond donors (Lipinski definition) is 1. The van der Waals surface area contributed by atoms with Crippen LogP contribution in [-0.4, -0.2) is 38.4 Å². The largest absolute Gasteiger partial charge is 0.474 e. The van der Waals surface area contributed by atoms with E-state index in [4.69, 9.17) is 5.11 Å². The number of amides is 1. The lowest BCUT2D eigenvalue weighted by atomic mass is 10.1. The Morgan fingerprint density at radius 2 is 2.42 bits per heavy atom. The van der Waals surface area contributed by atoms with Crippen molar-refractivity contribution in [1.82, 2.24) is 0 Å². The van der Waals surface area contributed by atoms with Crippen LogP contribution in [0, 0.1) is 0 Å². The quantitative estimate of drug-likeness (QED) is 0.459. The van der Waals surface area contributed by atoms with E-state index in [2.05, 4.69) is 0 Å². The van der Waals surface area contributed by atoms with Gasteiger partial charge in [0.2, 0.25) is 5.37 Å². The van der Waals surface area contributed by atoms with Gasteiger partial charge in [-0.25, -0.2) is 9.59 Å². The number of nitrogens with zero attached hydrogens (tertiary/aromatic N) is 1. The average molecular weight is 186 g/mol. The summed E-state index contributed by atoms with van der Waals surface area (Å²) in [4.78, 5) is 21.7. The van der Waals surface area contributed by atoms with Crippen LogP contribution in [0.25, 0.3) is 0 Å². The molecule has 64 valence electrons. The fourth-order valence-electron chi connectivity index (χ4n) is 1.47. The summed E-state index contributed by atoms with van der Waals surface area (Å²) in [5.41, 5.74) is 0.273. The molecule has 1 atom stereocenters. The summed E-state index contributed by atoms with van der Waals surface area (Å²) < 4.78 is 1.41. The molecule has 0 aromatic heterocycles. The summed E-state index contributed by atoms with van der Waals surface area (Å²) >= 11 is 1.66. The molecule has 5 heteroatoms. The first-order valence-electron chi connectivity index (χ1n) is 3.73. The lowest BCUT2D eigenvalue weighted by Crippen LogP contribution is -2.51. The Kier molecular flexibility index (Phi) is 1.68. The number of aliphatic carboxylic acids is 1. The molecule has 0 saturated carbocycles. The third kappa shape index (κ3) is 0.964. The lowest BCUT2D eigenvalue weighted by Gasteiger charge is -2.25. The van der Waals surface area contributed by atoms with Gasteiger partial charge in [-0.2, -0.15) is 0 Å². The van der Waals surface area contributed by atoms with Gasteiger partial charge in [0.25, 0.3) is 5.71 Å². The standard InChI is InChI=1S/C7H7NO3S/c9-5-3-6-8(5)4(7(10)11)1-2-12-6/h6H,1-3H2/p+1/t6-/m0/s1. The summed E-state index contributed by atoms with van der Waals surface area (Å²) in [5.74, 6) is -0.186. The molecule has 0 aromatic rings. The number of carboxylic acids is 1. The molecule has 0 spiro atoms. The van der Waals surface area contributed by atoms with Crippen molar-refractivity contribution in [2.24, 2.45) is 0 Å². The van der Waals surface area contributed by atoms with E-state index in [-0.39, 0.29) is 17.0 Å². The van der Waals surface area contributed by atoms with E-state index in [0.717, 1.165) is 5.75 Å². The molecule has 2 heterocycles. The van der Waals surface area contributed by atoms with Crippen molar-refractivity contribution in [2.45, 2.75) is 18.2 Å². The van der Waals surface area contributed by atoms with E-state index in [1.54, 1.807) is 11.8 Å². The van der Waals surface area contributed by atoms with Crippen LogP contribution in [-0.2, 0) is 9.59 Å². The molecule has 2 aliphatic heterocycles. The highest BCUT2D eigenvalue weighted by Gasteiger charge is 2.49. The van der Waals surface area contributed by atoms with Gasteiger partial charge in [-0.15, -0.1) is 4.58 Å². The Bertz CT molecular complexity index is 287. The fraction of sp³-hybridized carbons (Fsp3) is 0.571. The summed E-state index contributed by atoms with van der Waals surface area (Å²) in [6.07, 6.45) is 1.00. The summed E-state index contributed by atoms with van der Waals surface area (Å²) in [7, 11) is 0. The Morgan fingerprint density at radius 1 is 1.67 bits per heavy atom. The van der Waals surface area contributed by atoms with Crippen molar-refractivity contribution < 1.29 is 19.3 Å². The number of carbonyl (C=O) groups excluding carboxylic acids is 1. The molecule has 2 rings (SSSR count). The number of hydrogen-bond acceptors (Lipinski definition) is 3. The van der Waals surface area contributed by atoms with Crippen LogP contribution in [0.15, 0.2) is 0 Å². The van der Waals surface area contributed by atoms with Gasteiger partial charge in [-0.1, -0.05) is 11.8 Å². The number of thioether (sulfide) groups is 1. The van der Waals surface area contributed by atoms with Gasteiger partial charge in [0, 0.05) is 12.2 Å². The van der Waals surface area contributed by atoms with Crippen molar-refractivity contribution in [2.75, 3.05) is 5.75 Å². The highest BCUT2D eigenvalue weighted by atomic mass is 32.2. The van der Waals surface area contributed by atoms with Crippen molar-refractivity contribution in [3.63, 3.8) is 0 Å². The number of carbonyl (C=O) groups is 2. The van der Waals surface area contributed by atoms with Gasteiger partial charge in [0.15, 0.2) is 0 Å². The molecule has 0 aliphatic carbocycles. The minimum Gasteiger partial charge on any atom is -0.474 e. The average Bonchev–Trinajstić information content (AvgIpc) is 2.01. The molecule has 1 N–H and O–H groups in total. The van der Waals surface area contributed by atoms with Crippen LogP contribution in [0.5, 0.6) is 0 Å². The van der Waals surface area contributed by atoms with E-state index >= 15 is 0 Å². The van der Waals surface area contributed by atoms with Gasteiger partial charge in [-0.05, 0) is 0 Å². The van der Waals surface area contributed by atoms with E-state index in [1.807, 2.05) is 0 Å². The van der Waals surface area contributed by atoms with Gasteiger partial charge >= 0.3 is 11.9 Å². The molecule has 2 aliphatic rings. The third-order valence-electron chi connectivity index (χ3n) is 2.09. The van der Waals surface area contributed by atoms with Crippen LogP contribution in [0.1, 0.15) is 12.8 Å². The molecule has 1 saturated heterocycles. The molecule has 0 aromatic carbocycles. The van der Waals surface area contributed by atoms with Crippen LogP contribution >= 0.6 is 11.8 Å². The summed E-state index contributed by atoms with van der Waals surface area (Å²) in [6, 6.07) is 0. The van der Waals surface area contributed by atoms with Crippen LogP contribution in [0.2, 0.25) is 0 Å². The summed E-state index contributed by atoms with van der Waals surface area (Å²) in [5, 5.41) is 8.85. The Hall–Kier alpha value is -0.840. The Balaban J connectivity index is 2.38. The van der Waals surface area contributed by atoms with E-state index in [0.29, 0.717) is 12.8 Å². The predicted molar refractivity (Wildman–Crippen MR) is 43.4 cm³/mol. The molecule has 12 heavy (non-hydrogen) atoms. The maximum absolute atomic E-state index is 11.0. The topological polar surface area (TPSA) is 57.4 Å². The molecule has 0 unspecified atom stereocenters. The number of carboxylic acid groups (broad SMARTS) is 1.